The zero-order valence-corrected chi connectivity index (χ0v) is 36.5. The second-order valence-corrected chi connectivity index (χ2v) is 17.2. The summed E-state index contributed by atoms with van der Waals surface area (Å²) in [5.74, 6) is 0.945. The highest BCUT2D eigenvalue weighted by Gasteiger charge is 2.28. The highest BCUT2D eigenvalue weighted by molar-refractivity contribution is 5.69. The summed E-state index contributed by atoms with van der Waals surface area (Å²) in [4.78, 5) is 25.2. The van der Waals surface area contributed by atoms with Gasteiger partial charge < -0.3 is 20.9 Å². The fourth-order valence-corrected chi connectivity index (χ4v) is 7.74. The van der Waals surface area contributed by atoms with Gasteiger partial charge in [0.1, 0.15) is 0 Å². The van der Waals surface area contributed by atoms with Gasteiger partial charge in [0.2, 0.25) is 0 Å². The second kappa shape index (κ2) is 37.8. The van der Waals surface area contributed by atoms with Crippen molar-refractivity contribution in [2.45, 2.75) is 259 Å². The minimum Gasteiger partial charge on any atom is -0.465 e. The van der Waals surface area contributed by atoms with Gasteiger partial charge in [-0.25, -0.2) is 0 Å². The molecule has 53 heavy (non-hydrogen) atoms. The van der Waals surface area contributed by atoms with Crippen molar-refractivity contribution in [3.05, 3.63) is 0 Å². The Kier molecular flexibility index (Phi) is 37.0. The molecular formula is C47H94N2O4. The van der Waals surface area contributed by atoms with Crippen LogP contribution in [0.1, 0.15) is 253 Å². The van der Waals surface area contributed by atoms with Crippen molar-refractivity contribution in [3.63, 3.8) is 0 Å². The Morgan fingerprint density at radius 2 is 0.717 bits per heavy atom. The second-order valence-electron chi connectivity index (χ2n) is 17.2. The van der Waals surface area contributed by atoms with Crippen LogP contribution in [0.4, 0.5) is 0 Å². The van der Waals surface area contributed by atoms with E-state index in [1.807, 2.05) is 0 Å². The van der Waals surface area contributed by atoms with Crippen LogP contribution < -0.4 is 11.5 Å². The fraction of sp³-hybridized carbons (Fsp3) is 0.957. The Balaban J connectivity index is 4.37. The summed E-state index contributed by atoms with van der Waals surface area (Å²) < 4.78 is 11.6. The third-order valence-corrected chi connectivity index (χ3v) is 11.9. The smallest absolute Gasteiger partial charge is 0.305 e. The maximum absolute atomic E-state index is 12.6. The lowest BCUT2D eigenvalue weighted by molar-refractivity contribution is -0.146. The molecule has 0 heterocycles. The molecule has 2 unspecified atom stereocenters. The number of hydrogen-bond donors (Lipinski definition) is 2. The van der Waals surface area contributed by atoms with Gasteiger partial charge in [-0.3, -0.25) is 9.59 Å². The highest BCUT2D eigenvalue weighted by atomic mass is 16.5. The minimum atomic E-state index is -0.376. The van der Waals surface area contributed by atoms with Crippen molar-refractivity contribution in [3.8, 4) is 0 Å². The normalized spacial score (nSPS) is 14.0. The molecule has 0 saturated heterocycles. The van der Waals surface area contributed by atoms with Crippen LogP contribution in [-0.4, -0.2) is 31.3 Å². The molecule has 0 spiro atoms. The molecular weight excluding hydrogens is 657 g/mol. The SMILES string of the molecule is CCCCCCCCC(CCCCCC)COC(=O)CCCCCC(C)(CCCCCC(=O)OCC(CCCCCC)CCCCCCCC)C(N)N. The molecule has 0 aromatic carbocycles. The lowest BCUT2D eigenvalue weighted by Gasteiger charge is -2.33. The molecule has 0 amide bonds. The monoisotopic (exact) mass is 751 g/mol. The molecule has 6 heteroatoms. The molecule has 0 rings (SSSR count). The molecule has 0 aliphatic rings. The number of carbonyl (C=O) groups excluding carboxylic acids is 2. The summed E-state index contributed by atoms with van der Waals surface area (Å²) in [5, 5.41) is 0. The van der Waals surface area contributed by atoms with Crippen molar-refractivity contribution in [1.29, 1.82) is 0 Å². The Morgan fingerprint density at radius 3 is 1.04 bits per heavy atom. The molecule has 0 aromatic rings. The third-order valence-electron chi connectivity index (χ3n) is 11.9. The first-order valence-corrected chi connectivity index (χ1v) is 23.5. The summed E-state index contributed by atoms with van der Waals surface area (Å²) in [5.41, 5.74) is 12.5. The van der Waals surface area contributed by atoms with Gasteiger partial charge in [0.05, 0.1) is 19.4 Å². The summed E-state index contributed by atoms with van der Waals surface area (Å²) in [6.07, 6.45) is 38.9. The third kappa shape index (κ3) is 32.8. The van der Waals surface area contributed by atoms with Gasteiger partial charge in [-0.15, -0.1) is 0 Å². The first-order valence-electron chi connectivity index (χ1n) is 23.5. The largest absolute Gasteiger partial charge is 0.465 e. The van der Waals surface area contributed by atoms with Crippen LogP contribution in [0.5, 0.6) is 0 Å². The predicted octanol–water partition coefficient (Wildman–Crippen LogP) is 13.9. The van der Waals surface area contributed by atoms with Crippen LogP contribution in [0.15, 0.2) is 0 Å². The lowest BCUT2D eigenvalue weighted by atomic mass is 9.77. The van der Waals surface area contributed by atoms with E-state index in [0.717, 1.165) is 51.4 Å². The minimum absolute atomic E-state index is 0.0383. The molecule has 0 bridgehead atoms. The van der Waals surface area contributed by atoms with Crippen LogP contribution in [0.2, 0.25) is 0 Å². The molecule has 0 radical (unpaired) electrons. The molecule has 0 fully saturated rings. The van der Waals surface area contributed by atoms with Gasteiger partial charge in [0, 0.05) is 12.8 Å². The molecule has 6 nitrogen and oxygen atoms in total. The van der Waals surface area contributed by atoms with E-state index in [-0.39, 0.29) is 23.5 Å². The molecule has 0 saturated carbocycles. The maximum Gasteiger partial charge on any atom is 0.305 e. The van der Waals surface area contributed by atoms with Gasteiger partial charge in [0.15, 0.2) is 0 Å². The standard InChI is InChI=1S/C47H94N2O4/c1-6-10-14-18-20-26-34-42(32-24-16-12-8-3)40-52-44(50)36-28-22-30-38-47(5,46(48)49)39-31-23-29-37-45(51)53-41-43(33-25-17-13-9-4)35-27-21-19-15-11-7-2/h42-43,46H,6-41,48-49H2,1-5H3. The van der Waals surface area contributed by atoms with Crippen LogP contribution in [0.25, 0.3) is 0 Å². The van der Waals surface area contributed by atoms with E-state index in [1.54, 1.807) is 0 Å². The van der Waals surface area contributed by atoms with E-state index in [2.05, 4.69) is 34.6 Å². The van der Waals surface area contributed by atoms with E-state index in [0.29, 0.717) is 37.9 Å². The number of esters is 2. The van der Waals surface area contributed by atoms with Gasteiger partial charge >= 0.3 is 11.9 Å². The van der Waals surface area contributed by atoms with Crippen molar-refractivity contribution >= 4 is 11.9 Å². The van der Waals surface area contributed by atoms with Gasteiger partial charge in [-0.1, -0.05) is 189 Å². The summed E-state index contributed by atoms with van der Waals surface area (Å²) >= 11 is 0. The topological polar surface area (TPSA) is 105 Å². The summed E-state index contributed by atoms with van der Waals surface area (Å²) in [6.45, 7) is 12.4. The first kappa shape index (κ1) is 51.9. The number of rotatable bonds is 41. The maximum atomic E-state index is 12.6. The van der Waals surface area contributed by atoms with E-state index in [9.17, 15) is 9.59 Å². The molecule has 4 N–H and O–H groups in total. The van der Waals surface area contributed by atoms with E-state index in [1.165, 1.54) is 154 Å². The molecule has 2 atom stereocenters. The van der Waals surface area contributed by atoms with Gasteiger partial charge in [0.25, 0.3) is 0 Å². The van der Waals surface area contributed by atoms with Gasteiger partial charge in [-0.05, 0) is 68.6 Å². The zero-order chi connectivity index (χ0) is 39.3. The Bertz CT molecular complexity index is 745. The zero-order valence-electron chi connectivity index (χ0n) is 36.5. The van der Waals surface area contributed by atoms with Gasteiger partial charge in [-0.2, -0.15) is 0 Å². The lowest BCUT2D eigenvalue weighted by Crippen LogP contribution is -2.46. The van der Waals surface area contributed by atoms with Crippen molar-refractivity contribution in [1.82, 2.24) is 0 Å². The van der Waals surface area contributed by atoms with Crippen LogP contribution >= 0.6 is 0 Å². The van der Waals surface area contributed by atoms with Crippen molar-refractivity contribution in [2.75, 3.05) is 13.2 Å². The quantitative estimate of drug-likeness (QED) is 0.0366. The Morgan fingerprint density at radius 1 is 0.434 bits per heavy atom. The molecule has 0 aliphatic carbocycles. The van der Waals surface area contributed by atoms with E-state index in [4.69, 9.17) is 20.9 Å². The van der Waals surface area contributed by atoms with Crippen molar-refractivity contribution < 1.29 is 19.1 Å². The van der Waals surface area contributed by atoms with Crippen molar-refractivity contribution in [2.24, 2.45) is 28.7 Å². The number of unbranched alkanes of at least 4 members (excludes halogenated alkanes) is 20. The van der Waals surface area contributed by atoms with E-state index < -0.39 is 0 Å². The first-order chi connectivity index (χ1) is 25.7. The summed E-state index contributed by atoms with van der Waals surface area (Å²) in [6, 6.07) is 0. The number of nitrogens with two attached hydrogens (primary N) is 2. The number of carbonyl (C=O) groups is 2. The summed E-state index contributed by atoms with van der Waals surface area (Å²) in [7, 11) is 0. The Hall–Kier alpha value is -1.14. The molecule has 0 aromatic heterocycles. The van der Waals surface area contributed by atoms with Crippen LogP contribution in [0, 0.1) is 17.3 Å². The van der Waals surface area contributed by atoms with E-state index >= 15 is 0 Å². The van der Waals surface area contributed by atoms with Crippen LogP contribution in [0.3, 0.4) is 0 Å². The number of hydrogen-bond acceptors (Lipinski definition) is 6. The highest BCUT2D eigenvalue weighted by Crippen LogP contribution is 2.32. The Labute approximate surface area is 331 Å². The fourth-order valence-electron chi connectivity index (χ4n) is 7.74. The molecule has 316 valence electrons. The predicted molar refractivity (Wildman–Crippen MR) is 229 cm³/mol. The molecule has 0 aliphatic heterocycles. The van der Waals surface area contributed by atoms with Crippen LogP contribution in [-0.2, 0) is 19.1 Å². The average molecular weight is 751 g/mol. The average Bonchev–Trinajstić information content (AvgIpc) is 3.14. The number of ether oxygens (including phenoxy) is 2.